The molecule has 0 radical (unpaired) electrons. The normalized spacial score (nSPS) is 10.7. The van der Waals surface area contributed by atoms with Crippen molar-refractivity contribution in [3.05, 3.63) is 48.8 Å². The zero-order valence-electron chi connectivity index (χ0n) is 9.84. The molecule has 0 saturated heterocycles. The Kier molecular flexibility index (Phi) is 4.62. The quantitative estimate of drug-likeness (QED) is 0.905. The van der Waals surface area contributed by atoms with Crippen LogP contribution >= 0.6 is 39.1 Å². The summed E-state index contributed by atoms with van der Waals surface area (Å²) in [5.74, 6) is 0.377. The Hall–Kier alpha value is -0.880. The van der Waals surface area contributed by atoms with Crippen molar-refractivity contribution in [3.8, 4) is 11.4 Å². The molecule has 0 saturated carbocycles. The van der Waals surface area contributed by atoms with Gasteiger partial charge >= 0.3 is 0 Å². The molecule has 1 N–H and O–H groups in total. The molecule has 0 fully saturated rings. The van der Waals surface area contributed by atoms with Gasteiger partial charge in [0.2, 0.25) is 0 Å². The van der Waals surface area contributed by atoms with Gasteiger partial charge in [-0.15, -0.1) is 0 Å². The summed E-state index contributed by atoms with van der Waals surface area (Å²) in [6.45, 7) is 0.225. The second kappa shape index (κ2) is 6.05. The van der Waals surface area contributed by atoms with Crippen molar-refractivity contribution >= 4 is 39.1 Å². The van der Waals surface area contributed by atoms with Gasteiger partial charge in [-0.05, 0) is 34.1 Å². The molecule has 0 aliphatic rings. The maximum atomic E-state index is 11.8. The number of aromatic amines is 1. The summed E-state index contributed by atoms with van der Waals surface area (Å²) >= 11 is 15.1. The monoisotopic (exact) mass is 362 g/mol. The molecule has 0 bridgehead atoms. The zero-order chi connectivity index (χ0) is 14.0. The Morgan fingerprint density at radius 3 is 2.79 bits per heavy atom. The summed E-state index contributed by atoms with van der Waals surface area (Å²) in [7, 11) is 1.53. The van der Waals surface area contributed by atoms with E-state index in [1.165, 1.54) is 7.11 Å². The number of methoxy groups -OCH3 is 1. The van der Waals surface area contributed by atoms with Crippen molar-refractivity contribution in [2.45, 2.75) is 6.61 Å². The number of nitrogens with one attached hydrogen (secondary N) is 1. The van der Waals surface area contributed by atoms with Gasteiger partial charge in [0.25, 0.3) is 5.56 Å². The van der Waals surface area contributed by atoms with Gasteiger partial charge in [0, 0.05) is 17.7 Å². The van der Waals surface area contributed by atoms with Crippen LogP contribution in [0.2, 0.25) is 10.0 Å². The van der Waals surface area contributed by atoms with Crippen molar-refractivity contribution in [3.63, 3.8) is 0 Å². The van der Waals surface area contributed by atoms with E-state index >= 15 is 0 Å². The van der Waals surface area contributed by atoms with Crippen LogP contribution in [-0.2, 0) is 11.3 Å². The van der Waals surface area contributed by atoms with Crippen LogP contribution in [0.25, 0.3) is 11.4 Å². The van der Waals surface area contributed by atoms with Crippen LogP contribution in [0.4, 0.5) is 0 Å². The number of rotatable bonds is 3. The second-order valence-corrected chi connectivity index (χ2v) is 5.37. The summed E-state index contributed by atoms with van der Waals surface area (Å²) in [6.07, 6.45) is 0. The lowest BCUT2D eigenvalue weighted by Crippen LogP contribution is -2.14. The van der Waals surface area contributed by atoms with Crippen LogP contribution < -0.4 is 5.56 Å². The molecule has 1 aromatic heterocycles. The van der Waals surface area contributed by atoms with E-state index in [0.29, 0.717) is 31.6 Å². The maximum absolute atomic E-state index is 11.8. The first-order valence-corrected chi connectivity index (χ1v) is 6.81. The third-order valence-electron chi connectivity index (χ3n) is 2.40. The van der Waals surface area contributed by atoms with Gasteiger partial charge in [-0.3, -0.25) is 4.79 Å². The Labute approximate surface area is 127 Å². The summed E-state index contributed by atoms with van der Waals surface area (Å²) in [6, 6.07) is 4.98. The smallest absolute Gasteiger partial charge is 0.265 e. The van der Waals surface area contributed by atoms with Crippen molar-refractivity contribution < 1.29 is 4.74 Å². The largest absolute Gasteiger partial charge is 0.378 e. The van der Waals surface area contributed by atoms with Crippen LogP contribution in [0.5, 0.6) is 0 Å². The van der Waals surface area contributed by atoms with E-state index in [0.717, 1.165) is 0 Å². The van der Waals surface area contributed by atoms with E-state index in [2.05, 4.69) is 25.9 Å². The third-order valence-corrected chi connectivity index (χ3v) is 3.76. The molecule has 1 aromatic carbocycles. The molecule has 2 aromatic rings. The average molecular weight is 364 g/mol. The van der Waals surface area contributed by atoms with E-state index in [1.807, 2.05) is 0 Å². The minimum atomic E-state index is -0.289. The van der Waals surface area contributed by atoms with E-state index in [9.17, 15) is 4.79 Å². The van der Waals surface area contributed by atoms with Gasteiger partial charge in [-0.25, -0.2) is 4.98 Å². The van der Waals surface area contributed by atoms with E-state index < -0.39 is 0 Å². The number of hydrogen-bond acceptors (Lipinski definition) is 3. The van der Waals surface area contributed by atoms with Crippen LogP contribution in [0, 0.1) is 0 Å². The van der Waals surface area contributed by atoms with Gasteiger partial charge in [0.15, 0.2) is 0 Å². The fourth-order valence-electron chi connectivity index (χ4n) is 1.55. The highest BCUT2D eigenvalue weighted by Crippen LogP contribution is 2.28. The van der Waals surface area contributed by atoms with Crippen molar-refractivity contribution in [1.29, 1.82) is 0 Å². The minimum absolute atomic E-state index is 0.225. The predicted molar refractivity (Wildman–Crippen MR) is 78.7 cm³/mol. The Morgan fingerprint density at radius 2 is 2.16 bits per heavy atom. The molecule has 0 aliphatic carbocycles. The highest BCUT2D eigenvalue weighted by Gasteiger charge is 2.12. The number of hydrogen-bond donors (Lipinski definition) is 1. The van der Waals surface area contributed by atoms with E-state index in [4.69, 9.17) is 27.9 Å². The molecule has 0 aliphatic heterocycles. The number of benzene rings is 1. The molecule has 7 heteroatoms. The third kappa shape index (κ3) is 3.17. The lowest BCUT2D eigenvalue weighted by molar-refractivity contribution is 0.180. The number of nitrogens with zero attached hydrogens (tertiary/aromatic N) is 1. The van der Waals surface area contributed by atoms with Crippen LogP contribution in [0.15, 0.2) is 27.5 Å². The molecular weight excluding hydrogens is 355 g/mol. The number of ether oxygens (including phenoxy) is 1. The molecule has 19 heavy (non-hydrogen) atoms. The SMILES string of the molecule is COCc1nc(-c2ccc(Cl)cc2Cl)[nH]c(=O)c1Br. The fourth-order valence-corrected chi connectivity index (χ4v) is 2.35. The second-order valence-electron chi connectivity index (χ2n) is 3.73. The predicted octanol–water partition coefficient (Wildman–Crippen LogP) is 3.65. The molecule has 0 unspecified atom stereocenters. The molecule has 100 valence electrons. The molecule has 1 heterocycles. The highest BCUT2D eigenvalue weighted by molar-refractivity contribution is 9.10. The standard InChI is InChI=1S/C12H9BrCl2N2O2/c1-19-5-9-10(13)12(18)17-11(16-9)7-3-2-6(14)4-8(7)15/h2-4H,5H2,1H3,(H,16,17,18). The first-order valence-electron chi connectivity index (χ1n) is 5.26. The first-order chi connectivity index (χ1) is 9.02. The highest BCUT2D eigenvalue weighted by atomic mass is 79.9. The van der Waals surface area contributed by atoms with Gasteiger partial charge in [-0.2, -0.15) is 0 Å². The topological polar surface area (TPSA) is 55.0 Å². The maximum Gasteiger partial charge on any atom is 0.265 e. The van der Waals surface area contributed by atoms with Crippen molar-refractivity contribution in [2.75, 3.05) is 7.11 Å². The molecule has 4 nitrogen and oxygen atoms in total. The zero-order valence-corrected chi connectivity index (χ0v) is 12.9. The fraction of sp³-hybridized carbons (Fsp3) is 0.167. The lowest BCUT2D eigenvalue weighted by Gasteiger charge is -2.07. The summed E-state index contributed by atoms with van der Waals surface area (Å²) in [5, 5.41) is 0.937. The molecular formula is C12H9BrCl2N2O2. The summed E-state index contributed by atoms with van der Waals surface area (Å²) < 4.78 is 5.35. The van der Waals surface area contributed by atoms with E-state index in [1.54, 1.807) is 18.2 Å². The number of aromatic nitrogens is 2. The van der Waals surface area contributed by atoms with Crippen LogP contribution in [-0.4, -0.2) is 17.1 Å². The summed E-state index contributed by atoms with van der Waals surface area (Å²) in [4.78, 5) is 18.8. The van der Waals surface area contributed by atoms with Crippen LogP contribution in [0.3, 0.4) is 0 Å². The van der Waals surface area contributed by atoms with Crippen molar-refractivity contribution in [2.24, 2.45) is 0 Å². The molecule has 0 amide bonds. The van der Waals surface area contributed by atoms with E-state index in [-0.39, 0.29) is 12.2 Å². The molecule has 2 rings (SSSR count). The number of H-pyrrole nitrogens is 1. The molecule has 0 atom stereocenters. The molecule has 0 spiro atoms. The Balaban J connectivity index is 2.59. The number of halogens is 3. The lowest BCUT2D eigenvalue weighted by atomic mass is 10.2. The summed E-state index contributed by atoms with van der Waals surface area (Å²) in [5.41, 5.74) is 0.823. The minimum Gasteiger partial charge on any atom is -0.378 e. The Bertz CT molecular complexity index is 673. The Morgan fingerprint density at radius 1 is 1.42 bits per heavy atom. The first kappa shape index (κ1) is 14.5. The van der Waals surface area contributed by atoms with Crippen molar-refractivity contribution in [1.82, 2.24) is 9.97 Å². The van der Waals surface area contributed by atoms with Gasteiger partial charge in [-0.1, -0.05) is 23.2 Å². The van der Waals surface area contributed by atoms with Gasteiger partial charge in [0.1, 0.15) is 10.3 Å². The van der Waals surface area contributed by atoms with Gasteiger partial charge < -0.3 is 9.72 Å². The van der Waals surface area contributed by atoms with Gasteiger partial charge in [0.05, 0.1) is 17.3 Å². The average Bonchev–Trinajstić information content (AvgIpc) is 2.35. The van der Waals surface area contributed by atoms with Crippen LogP contribution in [0.1, 0.15) is 5.69 Å².